The van der Waals surface area contributed by atoms with E-state index in [0.29, 0.717) is 19.3 Å². The third kappa shape index (κ3) is 9.73. The second-order valence-corrected chi connectivity index (χ2v) is 13.7. The highest BCUT2D eigenvalue weighted by Crippen LogP contribution is 2.56. The van der Waals surface area contributed by atoms with Crippen molar-refractivity contribution in [2.24, 2.45) is 11.8 Å². The van der Waals surface area contributed by atoms with E-state index >= 15 is 0 Å². The molecule has 1 aromatic carbocycles. The van der Waals surface area contributed by atoms with Crippen LogP contribution in [0.2, 0.25) is 0 Å². The van der Waals surface area contributed by atoms with Crippen LogP contribution in [0, 0.1) is 11.8 Å². The maximum atomic E-state index is 13.0. The number of hydrogen-bond acceptors (Lipinski definition) is 9. The van der Waals surface area contributed by atoms with Gasteiger partial charge in [-0.1, -0.05) is 80.6 Å². The zero-order valence-electron chi connectivity index (χ0n) is 29.8. The summed E-state index contributed by atoms with van der Waals surface area (Å²) in [5, 5.41) is 53.5. The van der Waals surface area contributed by atoms with Crippen molar-refractivity contribution in [2.45, 2.75) is 133 Å². The SMILES string of the molecule is C/C=C\CCCC/C=C\CCCCC(=O)OC1[C@@H](O)[C@@]2(CCC(C)C(C)CC/C=C/c3ccccc3)O[C@H](C(=O)O)[C@@](O)(C(=O)O)[C@]1(C(=O)O)O2. The van der Waals surface area contributed by atoms with E-state index in [4.69, 9.17) is 14.2 Å². The second-order valence-electron chi connectivity index (χ2n) is 13.7. The number of unbranched alkanes of at least 4 members (excludes halogenated alkanes) is 5. The van der Waals surface area contributed by atoms with Gasteiger partial charge in [-0.05, 0) is 88.5 Å². The standard InChI is InChI=1S/C39H54O12/c1-4-5-6-7-8-9-10-11-12-13-17-24-30(40)49-32-31(41)37(26-25-28(3)27(2)20-18-19-23-29-21-15-14-16-22-29)50-33(34(42)43)38(48,35(44)45)39(32,51-37)36(46)47/h4-5,10-11,14-16,19,21-23,27-28,31-33,41,48H,6-9,12-13,17-18,20,24-26H2,1-3H3,(H,42,43)(H,44,45)(H,46,47)/b5-4-,11-10-,23-19+/t27?,28?,31-,32?,33-,37+,38-,39+/m1/s1. The predicted octanol–water partition coefficient (Wildman–Crippen LogP) is 5.91. The lowest BCUT2D eigenvalue weighted by Crippen LogP contribution is -2.78. The summed E-state index contributed by atoms with van der Waals surface area (Å²) in [5.41, 5.74) is -6.11. The molecule has 0 saturated carbocycles. The number of carboxylic acid groups (broad SMARTS) is 3. The summed E-state index contributed by atoms with van der Waals surface area (Å²) in [5.74, 6) is -9.73. The van der Waals surface area contributed by atoms with E-state index in [-0.39, 0.29) is 31.1 Å². The van der Waals surface area contributed by atoms with Crippen molar-refractivity contribution in [1.82, 2.24) is 0 Å². The number of benzene rings is 1. The molecule has 12 heteroatoms. The van der Waals surface area contributed by atoms with Gasteiger partial charge in [-0.25, -0.2) is 14.4 Å². The molecule has 0 amide bonds. The molecule has 51 heavy (non-hydrogen) atoms. The number of ether oxygens (including phenoxy) is 3. The minimum Gasteiger partial charge on any atom is -0.479 e. The zero-order chi connectivity index (χ0) is 37.7. The van der Waals surface area contributed by atoms with Crippen LogP contribution in [0.3, 0.4) is 0 Å². The van der Waals surface area contributed by atoms with Gasteiger partial charge in [0.15, 0.2) is 6.10 Å². The van der Waals surface area contributed by atoms with Crippen molar-refractivity contribution in [3.8, 4) is 0 Å². The maximum Gasteiger partial charge on any atom is 0.344 e. The van der Waals surface area contributed by atoms with Crippen LogP contribution in [0.25, 0.3) is 6.08 Å². The molecule has 0 aliphatic carbocycles. The molecule has 0 aromatic heterocycles. The molecule has 1 aromatic rings. The van der Waals surface area contributed by atoms with Crippen LogP contribution in [-0.4, -0.2) is 84.7 Å². The molecule has 2 heterocycles. The molecule has 2 fully saturated rings. The molecule has 12 nitrogen and oxygen atoms in total. The molecular weight excluding hydrogens is 660 g/mol. The van der Waals surface area contributed by atoms with Crippen molar-refractivity contribution < 1.29 is 58.9 Å². The van der Waals surface area contributed by atoms with E-state index in [1.807, 2.05) is 69.3 Å². The van der Waals surface area contributed by atoms with Crippen LogP contribution in [0.15, 0.2) is 60.7 Å². The van der Waals surface area contributed by atoms with Gasteiger partial charge in [0.25, 0.3) is 0 Å². The number of carbonyl (C=O) groups is 4. The average Bonchev–Trinajstić information content (AvgIpc) is 3.31. The van der Waals surface area contributed by atoms with Gasteiger partial charge in [0.05, 0.1) is 0 Å². The topological polar surface area (TPSA) is 197 Å². The van der Waals surface area contributed by atoms with Crippen molar-refractivity contribution >= 4 is 30.0 Å². The highest BCUT2D eigenvalue weighted by atomic mass is 16.8. The quantitative estimate of drug-likeness (QED) is 0.0542. The van der Waals surface area contributed by atoms with Gasteiger partial charge in [-0.2, -0.15) is 0 Å². The van der Waals surface area contributed by atoms with Crippen molar-refractivity contribution in [3.63, 3.8) is 0 Å². The lowest BCUT2D eigenvalue weighted by Gasteiger charge is -2.48. The molecule has 2 bridgehead atoms. The third-order valence-corrected chi connectivity index (χ3v) is 10.1. The summed E-state index contributed by atoms with van der Waals surface area (Å²) in [6.07, 6.45) is 12.3. The predicted molar refractivity (Wildman–Crippen MR) is 188 cm³/mol. The van der Waals surface area contributed by atoms with E-state index in [1.54, 1.807) is 0 Å². The lowest BCUT2D eigenvalue weighted by atomic mass is 9.74. The van der Waals surface area contributed by atoms with Gasteiger partial charge in [0.1, 0.15) is 6.10 Å². The summed E-state index contributed by atoms with van der Waals surface area (Å²) in [7, 11) is 0. The summed E-state index contributed by atoms with van der Waals surface area (Å²) < 4.78 is 16.7. The van der Waals surface area contributed by atoms with Crippen LogP contribution in [0.4, 0.5) is 0 Å². The van der Waals surface area contributed by atoms with Crippen LogP contribution < -0.4 is 0 Å². The number of allylic oxidation sites excluding steroid dienone is 5. The average molecular weight is 715 g/mol. The molecule has 2 saturated heterocycles. The molecule has 3 rings (SSSR count). The Balaban J connectivity index is 1.72. The minimum absolute atomic E-state index is 0.0689. The smallest absolute Gasteiger partial charge is 0.344 e. The van der Waals surface area contributed by atoms with Crippen LogP contribution in [0.1, 0.15) is 103 Å². The Morgan fingerprint density at radius 2 is 1.45 bits per heavy atom. The minimum atomic E-state index is -3.78. The third-order valence-electron chi connectivity index (χ3n) is 10.1. The largest absolute Gasteiger partial charge is 0.479 e. The van der Waals surface area contributed by atoms with Gasteiger partial charge >= 0.3 is 23.9 Å². The molecule has 8 atom stereocenters. The molecular formula is C39H54O12. The zero-order valence-corrected chi connectivity index (χ0v) is 29.8. The Morgan fingerprint density at radius 3 is 2.04 bits per heavy atom. The van der Waals surface area contributed by atoms with E-state index in [9.17, 15) is 44.7 Å². The number of hydrogen-bond donors (Lipinski definition) is 5. The van der Waals surface area contributed by atoms with Crippen molar-refractivity contribution in [2.75, 3.05) is 0 Å². The first kappa shape index (κ1) is 41.6. The molecule has 3 unspecified atom stereocenters. The molecule has 2 aliphatic heterocycles. The maximum absolute atomic E-state index is 13.0. The number of carboxylic acids is 3. The number of rotatable bonds is 22. The summed E-state index contributed by atoms with van der Waals surface area (Å²) in [6, 6.07) is 9.81. The Kier molecular flexibility index (Phi) is 15.6. The lowest BCUT2D eigenvalue weighted by molar-refractivity contribution is -0.374. The van der Waals surface area contributed by atoms with E-state index in [1.165, 1.54) is 0 Å². The molecule has 2 aliphatic rings. The molecule has 282 valence electrons. The summed E-state index contributed by atoms with van der Waals surface area (Å²) in [4.78, 5) is 50.8. The van der Waals surface area contributed by atoms with E-state index in [2.05, 4.69) is 18.2 Å². The number of aliphatic carboxylic acids is 3. The monoisotopic (exact) mass is 714 g/mol. The van der Waals surface area contributed by atoms with Gasteiger partial charge in [0, 0.05) is 12.8 Å². The van der Waals surface area contributed by atoms with Gasteiger partial charge in [-0.3, -0.25) is 4.79 Å². The Morgan fingerprint density at radius 1 is 0.843 bits per heavy atom. The van der Waals surface area contributed by atoms with Gasteiger partial charge in [-0.15, -0.1) is 0 Å². The Labute approximate surface area is 299 Å². The molecule has 5 N–H and O–H groups in total. The number of esters is 1. The number of carbonyl (C=O) groups excluding carboxylic acids is 1. The summed E-state index contributed by atoms with van der Waals surface area (Å²) >= 11 is 0. The summed E-state index contributed by atoms with van der Waals surface area (Å²) in [6.45, 7) is 5.93. The fraction of sp³-hybridized carbons (Fsp3) is 0.590. The normalized spacial score (nSPS) is 28.7. The fourth-order valence-corrected chi connectivity index (χ4v) is 6.75. The van der Waals surface area contributed by atoms with Crippen LogP contribution >= 0.6 is 0 Å². The highest BCUT2D eigenvalue weighted by Gasteiger charge is 2.85. The second kappa shape index (κ2) is 19.1. The van der Waals surface area contributed by atoms with E-state index in [0.717, 1.165) is 44.1 Å². The Bertz CT molecular complexity index is 1410. The first-order chi connectivity index (χ1) is 24.3. The highest BCUT2D eigenvalue weighted by molar-refractivity contribution is 5.98. The van der Waals surface area contributed by atoms with E-state index < -0.39 is 59.2 Å². The number of aliphatic hydroxyl groups excluding tert-OH is 1. The van der Waals surface area contributed by atoms with Crippen LogP contribution in [-0.2, 0) is 33.4 Å². The Hall–Kier alpha value is -3.84. The van der Waals surface area contributed by atoms with Crippen LogP contribution in [0.5, 0.6) is 0 Å². The van der Waals surface area contributed by atoms with Crippen molar-refractivity contribution in [3.05, 3.63) is 66.3 Å². The fourth-order valence-electron chi connectivity index (χ4n) is 6.75. The van der Waals surface area contributed by atoms with Crippen molar-refractivity contribution in [1.29, 1.82) is 0 Å². The van der Waals surface area contributed by atoms with Gasteiger partial charge in [0.2, 0.25) is 23.1 Å². The first-order valence-electron chi connectivity index (χ1n) is 17.9. The van der Waals surface area contributed by atoms with Gasteiger partial charge < -0.3 is 39.7 Å². The molecule has 0 radical (unpaired) electrons. The first-order valence-corrected chi connectivity index (χ1v) is 17.9. The molecule has 0 spiro atoms. The number of aliphatic hydroxyl groups is 2. The number of fused-ring (bicyclic) bond motifs is 2.